The molecule has 4 nitrogen and oxygen atoms in total. The van der Waals surface area contributed by atoms with Gasteiger partial charge in [-0.25, -0.2) is 8.42 Å². The Balaban J connectivity index is 0.00000182. The SMILES string of the molecule is Cc1cccc(S(=O)(=O)N2C[C@@H]3CNC[C@@H]3[C@H]2c2ccccc2)c1.Cl. The van der Waals surface area contributed by atoms with Gasteiger partial charge in [-0.15, -0.1) is 12.4 Å². The van der Waals surface area contributed by atoms with Gasteiger partial charge in [0.15, 0.2) is 0 Å². The zero-order valence-corrected chi connectivity index (χ0v) is 15.8. The van der Waals surface area contributed by atoms with Gasteiger partial charge >= 0.3 is 0 Å². The van der Waals surface area contributed by atoms with Crippen molar-refractivity contribution in [2.75, 3.05) is 19.6 Å². The maximum Gasteiger partial charge on any atom is 0.243 e. The van der Waals surface area contributed by atoms with Gasteiger partial charge in [-0.05, 0) is 48.6 Å². The van der Waals surface area contributed by atoms with Crippen LogP contribution in [0.3, 0.4) is 0 Å². The zero-order valence-electron chi connectivity index (χ0n) is 14.1. The van der Waals surface area contributed by atoms with E-state index in [1.54, 1.807) is 16.4 Å². The fraction of sp³-hybridized carbons (Fsp3) is 0.368. The Bertz CT molecular complexity index is 842. The van der Waals surface area contributed by atoms with Crippen molar-refractivity contribution in [2.24, 2.45) is 11.8 Å². The molecule has 2 fully saturated rings. The minimum absolute atomic E-state index is 0. The molecule has 3 atom stereocenters. The Labute approximate surface area is 155 Å². The largest absolute Gasteiger partial charge is 0.316 e. The quantitative estimate of drug-likeness (QED) is 0.893. The summed E-state index contributed by atoms with van der Waals surface area (Å²) in [5.74, 6) is 0.724. The van der Waals surface area contributed by atoms with Crippen molar-refractivity contribution in [3.63, 3.8) is 0 Å². The molecule has 1 N–H and O–H groups in total. The summed E-state index contributed by atoms with van der Waals surface area (Å²) in [6.07, 6.45) is 0. The topological polar surface area (TPSA) is 49.4 Å². The maximum absolute atomic E-state index is 13.3. The molecule has 2 heterocycles. The van der Waals surface area contributed by atoms with E-state index in [9.17, 15) is 8.42 Å². The van der Waals surface area contributed by atoms with E-state index >= 15 is 0 Å². The Morgan fingerprint density at radius 3 is 2.52 bits per heavy atom. The van der Waals surface area contributed by atoms with Crippen LogP contribution in [-0.2, 0) is 10.0 Å². The van der Waals surface area contributed by atoms with Crippen molar-refractivity contribution in [3.05, 3.63) is 65.7 Å². The van der Waals surface area contributed by atoms with Gasteiger partial charge in [-0.3, -0.25) is 0 Å². The highest BCUT2D eigenvalue weighted by Gasteiger charge is 2.49. The molecule has 0 spiro atoms. The third kappa shape index (κ3) is 3.22. The summed E-state index contributed by atoms with van der Waals surface area (Å²) in [5, 5.41) is 3.42. The zero-order chi connectivity index (χ0) is 16.7. The van der Waals surface area contributed by atoms with Gasteiger partial charge < -0.3 is 5.32 Å². The molecule has 4 rings (SSSR count). The molecule has 0 aromatic heterocycles. The van der Waals surface area contributed by atoms with Crippen LogP contribution in [0.4, 0.5) is 0 Å². The van der Waals surface area contributed by atoms with E-state index in [4.69, 9.17) is 0 Å². The second-order valence-electron chi connectivity index (χ2n) is 6.83. The van der Waals surface area contributed by atoms with Crippen LogP contribution in [0.5, 0.6) is 0 Å². The Morgan fingerprint density at radius 2 is 1.80 bits per heavy atom. The molecule has 134 valence electrons. The lowest BCUT2D eigenvalue weighted by molar-refractivity contribution is 0.345. The number of aryl methyl sites for hydroxylation is 1. The Morgan fingerprint density at radius 1 is 1.04 bits per heavy atom. The van der Waals surface area contributed by atoms with Crippen LogP contribution in [0.25, 0.3) is 0 Å². The number of rotatable bonds is 3. The highest BCUT2D eigenvalue weighted by molar-refractivity contribution is 7.89. The van der Waals surface area contributed by atoms with Crippen LogP contribution in [0.2, 0.25) is 0 Å². The van der Waals surface area contributed by atoms with Gasteiger partial charge in [0.2, 0.25) is 10.0 Å². The lowest BCUT2D eigenvalue weighted by atomic mass is 9.90. The molecule has 0 amide bonds. The number of fused-ring (bicyclic) bond motifs is 1. The van der Waals surface area contributed by atoms with Gasteiger partial charge in [-0.1, -0.05) is 42.5 Å². The molecular weight excluding hydrogens is 356 g/mol. The Kier molecular flexibility index (Phi) is 5.21. The van der Waals surface area contributed by atoms with Crippen LogP contribution >= 0.6 is 12.4 Å². The third-order valence-electron chi connectivity index (χ3n) is 5.26. The summed E-state index contributed by atoms with van der Waals surface area (Å²) >= 11 is 0. The number of sulfonamides is 1. The second-order valence-corrected chi connectivity index (χ2v) is 8.72. The van der Waals surface area contributed by atoms with Crippen molar-refractivity contribution in [3.8, 4) is 0 Å². The number of nitrogens with one attached hydrogen (secondary N) is 1. The highest BCUT2D eigenvalue weighted by Crippen LogP contribution is 2.45. The van der Waals surface area contributed by atoms with Gasteiger partial charge in [-0.2, -0.15) is 4.31 Å². The number of halogens is 1. The summed E-state index contributed by atoms with van der Waals surface area (Å²) in [7, 11) is -3.50. The number of benzene rings is 2. The average molecular weight is 379 g/mol. The summed E-state index contributed by atoms with van der Waals surface area (Å²) in [6, 6.07) is 17.2. The van der Waals surface area contributed by atoms with Crippen LogP contribution in [-0.4, -0.2) is 32.4 Å². The normalized spacial score (nSPS) is 26.2. The van der Waals surface area contributed by atoms with Crippen molar-refractivity contribution in [1.29, 1.82) is 0 Å². The smallest absolute Gasteiger partial charge is 0.243 e. The molecule has 0 saturated carbocycles. The first-order chi connectivity index (χ1) is 11.6. The van der Waals surface area contributed by atoms with Gasteiger partial charge in [0.25, 0.3) is 0 Å². The summed E-state index contributed by atoms with van der Waals surface area (Å²) in [6.45, 7) is 4.29. The van der Waals surface area contributed by atoms with Crippen LogP contribution in [0.15, 0.2) is 59.5 Å². The lowest BCUT2D eigenvalue weighted by Gasteiger charge is -2.27. The van der Waals surface area contributed by atoms with E-state index in [0.717, 1.165) is 24.2 Å². The molecule has 2 aromatic rings. The maximum atomic E-state index is 13.3. The average Bonchev–Trinajstić information content (AvgIpc) is 3.16. The number of hydrogen-bond acceptors (Lipinski definition) is 3. The van der Waals surface area contributed by atoms with E-state index in [0.29, 0.717) is 23.3 Å². The molecule has 2 saturated heterocycles. The predicted octanol–water partition coefficient (Wildman–Crippen LogP) is 3.00. The first-order valence-corrected chi connectivity index (χ1v) is 9.85. The lowest BCUT2D eigenvalue weighted by Crippen LogP contribution is -2.34. The van der Waals surface area contributed by atoms with Gasteiger partial charge in [0.1, 0.15) is 0 Å². The molecule has 25 heavy (non-hydrogen) atoms. The van der Waals surface area contributed by atoms with Gasteiger partial charge in [0, 0.05) is 13.1 Å². The van der Waals surface area contributed by atoms with Gasteiger partial charge in [0.05, 0.1) is 10.9 Å². The first-order valence-electron chi connectivity index (χ1n) is 8.41. The monoisotopic (exact) mass is 378 g/mol. The minimum atomic E-state index is -3.50. The van der Waals surface area contributed by atoms with Crippen molar-refractivity contribution >= 4 is 22.4 Å². The molecular formula is C19H23ClN2O2S. The van der Waals surface area contributed by atoms with E-state index in [1.165, 1.54) is 0 Å². The van der Waals surface area contributed by atoms with Crippen molar-refractivity contribution in [2.45, 2.75) is 17.9 Å². The molecule has 2 aliphatic heterocycles. The van der Waals surface area contributed by atoms with Crippen LogP contribution < -0.4 is 5.32 Å². The molecule has 0 unspecified atom stereocenters. The molecule has 2 aromatic carbocycles. The fourth-order valence-electron chi connectivity index (χ4n) is 4.10. The van der Waals surface area contributed by atoms with Crippen LogP contribution in [0, 0.1) is 18.8 Å². The fourth-order valence-corrected chi connectivity index (χ4v) is 5.92. The Hall–Kier alpha value is -1.40. The van der Waals surface area contributed by atoms with E-state index in [2.05, 4.69) is 5.32 Å². The molecule has 6 heteroatoms. The molecule has 0 aliphatic carbocycles. The number of hydrogen-bond donors (Lipinski definition) is 1. The molecule has 0 bridgehead atoms. The first kappa shape index (κ1) is 18.4. The minimum Gasteiger partial charge on any atom is -0.316 e. The van der Waals surface area contributed by atoms with Crippen LogP contribution in [0.1, 0.15) is 17.2 Å². The molecule has 2 aliphatic rings. The highest BCUT2D eigenvalue weighted by atomic mass is 35.5. The van der Waals surface area contributed by atoms with E-state index < -0.39 is 10.0 Å². The molecule has 0 radical (unpaired) electrons. The van der Waals surface area contributed by atoms with Crippen molar-refractivity contribution in [1.82, 2.24) is 9.62 Å². The van der Waals surface area contributed by atoms with E-state index in [-0.39, 0.29) is 18.4 Å². The predicted molar refractivity (Wildman–Crippen MR) is 101 cm³/mol. The summed E-state index contributed by atoms with van der Waals surface area (Å²) in [4.78, 5) is 0.399. The third-order valence-corrected chi connectivity index (χ3v) is 7.10. The van der Waals surface area contributed by atoms with Crippen molar-refractivity contribution < 1.29 is 8.42 Å². The standard InChI is InChI=1S/C19H22N2O2S.ClH/c1-14-6-5-9-17(10-14)24(22,23)21-13-16-11-20-12-18(16)19(21)15-7-3-2-4-8-15;/h2-10,16,18-20H,11-13H2,1H3;1H/t16-,18-,19+;/m0./s1. The summed E-state index contributed by atoms with van der Waals surface area (Å²) in [5.41, 5.74) is 2.05. The second kappa shape index (κ2) is 7.08. The number of nitrogens with zero attached hydrogens (tertiary/aromatic N) is 1. The summed E-state index contributed by atoms with van der Waals surface area (Å²) < 4.78 is 28.3. The van der Waals surface area contributed by atoms with E-state index in [1.807, 2.05) is 49.4 Å².